The summed E-state index contributed by atoms with van der Waals surface area (Å²) in [6, 6.07) is 3.43. The van der Waals surface area contributed by atoms with Gasteiger partial charge in [-0.15, -0.1) is 0 Å². The summed E-state index contributed by atoms with van der Waals surface area (Å²) in [7, 11) is 0. The van der Waals surface area contributed by atoms with Crippen molar-refractivity contribution >= 4 is 23.2 Å². The number of benzene rings is 1. The van der Waals surface area contributed by atoms with Gasteiger partial charge in [0.2, 0.25) is 5.91 Å². The molecule has 0 aromatic heterocycles. The second-order valence-corrected chi connectivity index (χ2v) is 4.79. The van der Waals surface area contributed by atoms with Crippen molar-refractivity contribution in [2.75, 3.05) is 5.32 Å². The van der Waals surface area contributed by atoms with Crippen LogP contribution < -0.4 is 11.1 Å². The normalized spacial score (nSPS) is 12.6. The number of halogens is 2. The van der Waals surface area contributed by atoms with Crippen LogP contribution in [0.2, 0.25) is 5.02 Å². The summed E-state index contributed by atoms with van der Waals surface area (Å²) in [5.41, 5.74) is 5.78. The topological polar surface area (TPSA) is 55.1 Å². The van der Waals surface area contributed by atoms with Gasteiger partial charge >= 0.3 is 0 Å². The molecule has 3 nitrogen and oxygen atoms in total. The highest BCUT2D eigenvalue weighted by Gasteiger charge is 2.16. The number of amides is 1. The zero-order chi connectivity index (χ0) is 13.0. The molecule has 0 saturated carbocycles. The van der Waals surface area contributed by atoms with Crippen LogP contribution in [0.1, 0.15) is 20.3 Å². The van der Waals surface area contributed by atoms with Crippen molar-refractivity contribution < 1.29 is 9.18 Å². The lowest BCUT2D eigenvalue weighted by atomic mass is 10.0. The second kappa shape index (κ2) is 5.98. The van der Waals surface area contributed by atoms with Gasteiger partial charge in [0.25, 0.3) is 0 Å². The standard InChI is InChI=1S/C12H16ClFN2O/c1-7(2)5-10(15)12(17)16-11-4-3-8(13)6-9(11)14/h3-4,6-7,10H,5,15H2,1-2H3,(H,16,17)/t10-/m1/s1. The van der Waals surface area contributed by atoms with Crippen molar-refractivity contribution in [3.05, 3.63) is 29.0 Å². The molecular formula is C12H16ClFN2O. The summed E-state index contributed by atoms with van der Waals surface area (Å²) < 4.78 is 13.4. The van der Waals surface area contributed by atoms with Crippen molar-refractivity contribution in [3.63, 3.8) is 0 Å². The van der Waals surface area contributed by atoms with E-state index in [0.717, 1.165) is 6.07 Å². The number of rotatable bonds is 4. The molecule has 1 amide bonds. The van der Waals surface area contributed by atoms with Gasteiger partial charge in [0.15, 0.2) is 0 Å². The SMILES string of the molecule is CC(C)C[C@@H](N)C(=O)Nc1ccc(Cl)cc1F. The summed E-state index contributed by atoms with van der Waals surface area (Å²) in [6.45, 7) is 3.94. The summed E-state index contributed by atoms with van der Waals surface area (Å²) in [5, 5.41) is 2.73. The third kappa shape index (κ3) is 4.32. The highest BCUT2D eigenvalue weighted by molar-refractivity contribution is 6.30. The van der Waals surface area contributed by atoms with Crippen LogP contribution in [0.3, 0.4) is 0 Å². The highest BCUT2D eigenvalue weighted by Crippen LogP contribution is 2.19. The van der Waals surface area contributed by atoms with Gasteiger partial charge in [-0.25, -0.2) is 4.39 Å². The lowest BCUT2D eigenvalue weighted by Crippen LogP contribution is -2.36. The van der Waals surface area contributed by atoms with Crippen LogP contribution in [0.15, 0.2) is 18.2 Å². The van der Waals surface area contributed by atoms with Crippen molar-refractivity contribution in [3.8, 4) is 0 Å². The van der Waals surface area contributed by atoms with E-state index < -0.39 is 11.9 Å². The number of anilines is 1. The molecule has 0 spiro atoms. The number of nitrogens with two attached hydrogens (primary N) is 1. The van der Waals surface area contributed by atoms with E-state index in [0.29, 0.717) is 12.3 Å². The molecule has 0 heterocycles. The van der Waals surface area contributed by atoms with E-state index in [1.54, 1.807) is 0 Å². The summed E-state index contributed by atoms with van der Waals surface area (Å²) in [6.07, 6.45) is 0.557. The van der Waals surface area contributed by atoms with Crippen LogP contribution in [-0.2, 0) is 4.79 Å². The van der Waals surface area contributed by atoms with Gasteiger partial charge in [0.1, 0.15) is 5.82 Å². The minimum atomic E-state index is -0.634. The zero-order valence-corrected chi connectivity index (χ0v) is 10.6. The molecular weight excluding hydrogens is 243 g/mol. The third-order valence-corrected chi connectivity index (χ3v) is 2.49. The Morgan fingerprint density at radius 3 is 2.71 bits per heavy atom. The maximum Gasteiger partial charge on any atom is 0.241 e. The molecule has 3 N–H and O–H groups in total. The van der Waals surface area contributed by atoms with Crippen LogP contribution in [-0.4, -0.2) is 11.9 Å². The lowest BCUT2D eigenvalue weighted by molar-refractivity contribution is -0.117. The van der Waals surface area contributed by atoms with Crippen LogP contribution in [0, 0.1) is 11.7 Å². The Balaban J connectivity index is 2.67. The fourth-order valence-electron chi connectivity index (χ4n) is 1.43. The zero-order valence-electron chi connectivity index (χ0n) is 9.84. The molecule has 0 fully saturated rings. The van der Waals surface area contributed by atoms with E-state index >= 15 is 0 Å². The molecule has 0 saturated heterocycles. The van der Waals surface area contributed by atoms with Crippen molar-refractivity contribution in [2.24, 2.45) is 11.7 Å². The van der Waals surface area contributed by atoms with Gasteiger partial charge in [-0.2, -0.15) is 0 Å². The monoisotopic (exact) mass is 258 g/mol. The van der Waals surface area contributed by atoms with Crippen LogP contribution >= 0.6 is 11.6 Å². The first-order valence-corrected chi connectivity index (χ1v) is 5.79. The predicted molar refractivity (Wildman–Crippen MR) is 67.5 cm³/mol. The minimum absolute atomic E-state index is 0.0959. The molecule has 0 unspecified atom stereocenters. The van der Waals surface area contributed by atoms with Crippen LogP contribution in [0.5, 0.6) is 0 Å². The van der Waals surface area contributed by atoms with Crippen molar-refractivity contribution in [2.45, 2.75) is 26.3 Å². The van der Waals surface area contributed by atoms with E-state index in [9.17, 15) is 9.18 Å². The Bertz CT molecular complexity index is 409. The molecule has 1 aromatic rings. The van der Waals surface area contributed by atoms with E-state index in [2.05, 4.69) is 5.32 Å². The highest BCUT2D eigenvalue weighted by atomic mass is 35.5. The average molecular weight is 259 g/mol. The van der Waals surface area contributed by atoms with E-state index in [1.807, 2.05) is 13.8 Å². The first-order valence-electron chi connectivity index (χ1n) is 5.41. The van der Waals surface area contributed by atoms with Gasteiger partial charge < -0.3 is 11.1 Å². The van der Waals surface area contributed by atoms with Crippen LogP contribution in [0.4, 0.5) is 10.1 Å². The molecule has 0 aliphatic heterocycles. The first-order chi connectivity index (χ1) is 7.90. The van der Waals surface area contributed by atoms with Gasteiger partial charge in [-0.05, 0) is 30.5 Å². The quantitative estimate of drug-likeness (QED) is 0.873. The molecule has 94 valence electrons. The molecule has 0 radical (unpaired) electrons. The molecule has 17 heavy (non-hydrogen) atoms. The summed E-state index contributed by atoms with van der Waals surface area (Å²) in [5.74, 6) is -0.645. The van der Waals surface area contributed by atoms with Crippen LogP contribution in [0.25, 0.3) is 0 Å². The van der Waals surface area contributed by atoms with E-state index in [1.165, 1.54) is 12.1 Å². The van der Waals surface area contributed by atoms with Gasteiger partial charge in [-0.3, -0.25) is 4.79 Å². The Morgan fingerprint density at radius 2 is 2.18 bits per heavy atom. The number of nitrogens with one attached hydrogen (secondary N) is 1. The molecule has 1 rings (SSSR count). The minimum Gasteiger partial charge on any atom is -0.322 e. The van der Waals surface area contributed by atoms with Gasteiger partial charge in [0, 0.05) is 5.02 Å². The fourth-order valence-corrected chi connectivity index (χ4v) is 1.59. The summed E-state index contributed by atoms with van der Waals surface area (Å²) in [4.78, 5) is 11.6. The number of carbonyl (C=O) groups is 1. The number of hydrogen-bond acceptors (Lipinski definition) is 2. The second-order valence-electron chi connectivity index (χ2n) is 4.35. The lowest BCUT2D eigenvalue weighted by Gasteiger charge is -2.14. The Hall–Kier alpha value is -1.13. The maximum absolute atomic E-state index is 13.4. The number of hydrogen-bond donors (Lipinski definition) is 2. The molecule has 1 aromatic carbocycles. The molecule has 0 aliphatic rings. The largest absolute Gasteiger partial charge is 0.322 e. The first kappa shape index (κ1) is 13.9. The van der Waals surface area contributed by atoms with Gasteiger partial charge in [-0.1, -0.05) is 25.4 Å². The summed E-state index contributed by atoms with van der Waals surface area (Å²) >= 11 is 5.61. The van der Waals surface area contributed by atoms with Crippen molar-refractivity contribution in [1.82, 2.24) is 0 Å². The molecule has 0 aliphatic carbocycles. The Labute approximate surface area is 105 Å². The smallest absolute Gasteiger partial charge is 0.241 e. The third-order valence-electron chi connectivity index (χ3n) is 2.25. The number of carbonyl (C=O) groups excluding carboxylic acids is 1. The van der Waals surface area contributed by atoms with Crippen molar-refractivity contribution in [1.29, 1.82) is 0 Å². The Kier molecular flexibility index (Phi) is 4.90. The predicted octanol–water partition coefficient (Wildman–Crippen LogP) is 2.79. The molecule has 1 atom stereocenters. The van der Waals surface area contributed by atoms with Gasteiger partial charge in [0.05, 0.1) is 11.7 Å². The Morgan fingerprint density at radius 1 is 1.53 bits per heavy atom. The molecule has 5 heteroatoms. The van der Waals surface area contributed by atoms with E-state index in [-0.39, 0.29) is 16.6 Å². The van der Waals surface area contributed by atoms with E-state index in [4.69, 9.17) is 17.3 Å². The average Bonchev–Trinajstić information content (AvgIpc) is 2.21. The fraction of sp³-hybridized carbons (Fsp3) is 0.417. The molecule has 0 bridgehead atoms. The maximum atomic E-state index is 13.4.